The first-order chi connectivity index (χ1) is 23.2. The molecule has 0 atom stereocenters. The molecule has 9 rings (SSSR count). The first kappa shape index (κ1) is 26.9. The Balaban J connectivity index is 1.21. The van der Waals surface area contributed by atoms with Crippen molar-refractivity contribution >= 4 is 32.8 Å². The molecule has 0 bridgehead atoms. The summed E-state index contributed by atoms with van der Waals surface area (Å²) in [6, 6.07) is 45.5. The molecule has 6 nitrogen and oxygen atoms in total. The minimum Gasteiger partial charge on any atom is -0.354 e. The number of H-pyrrole nitrogens is 1. The molecule has 6 aromatic carbocycles. The Kier molecular flexibility index (Phi) is 6.21. The van der Waals surface area contributed by atoms with Gasteiger partial charge in [0, 0.05) is 44.1 Å². The van der Waals surface area contributed by atoms with E-state index in [0.29, 0.717) is 28.5 Å². The van der Waals surface area contributed by atoms with Gasteiger partial charge in [-0.05, 0) is 24.3 Å². The molecule has 9 aromatic rings. The van der Waals surface area contributed by atoms with E-state index in [0.717, 1.165) is 55.3 Å². The fraction of sp³-hybridized carbons (Fsp3) is 0. The lowest BCUT2D eigenvalue weighted by Crippen LogP contribution is -2.00. The maximum absolute atomic E-state index is 15.0. The summed E-state index contributed by atoms with van der Waals surface area (Å²) in [6.07, 6.45) is 1.69. The summed E-state index contributed by atoms with van der Waals surface area (Å²) in [5, 5.41) is 2.17. The van der Waals surface area contributed by atoms with Crippen LogP contribution < -0.4 is 0 Å². The largest absolute Gasteiger partial charge is 0.354 e. The van der Waals surface area contributed by atoms with Crippen molar-refractivity contribution in [3.8, 4) is 51.0 Å². The van der Waals surface area contributed by atoms with Crippen molar-refractivity contribution in [2.24, 2.45) is 0 Å². The van der Waals surface area contributed by atoms with E-state index < -0.39 is 0 Å². The van der Waals surface area contributed by atoms with E-state index in [4.69, 9.17) is 15.0 Å². The molecule has 0 aliphatic carbocycles. The molecular weight excluding hydrogens is 583 g/mol. The minimum absolute atomic E-state index is 0.310. The summed E-state index contributed by atoms with van der Waals surface area (Å²) in [5.74, 6) is 1.52. The number of rotatable bonds is 5. The standard InChI is InChI=1S/C40H25FN6/c41-32-18-10-19-33-37(32)47(24-42-33)35-20-8-7-15-29(35)31-17-9-16-30-28-22-21-27(23-34(28)43-36(30)31)40-45-38(25-11-3-1-4-12-25)44-39(46-40)26-13-5-2-6-14-26/h1-24,43H. The van der Waals surface area contributed by atoms with Gasteiger partial charge in [-0.25, -0.2) is 24.3 Å². The van der Waals surface area contributed by atoms with Crippen LogP contribution in [0.4, 0.5) is 4.39 Å². The van der Waals surface area contributed by atoms with Crippen LogP contribution in [-0.2, 0) is 0 Å². The van der Waals surface area contributed by atoms with Crippen LogP contribution >= 0.6 is 0 Å². The zero-order valence-electron chi connectivity index (χ0n) is 25.0. The highest BCUT2D eigenvalue weighted by Gasteiger charge is 2.18. The maximum Gasteiger partial charge on any atom is 0.164 e. The third kappa shape index (κ3) is 4.56. The van der Waals surface area contributed by atoms with Crippen LogP contribution in [0, 0.1) is 5.82 Å². The van der Waals surface area contributed by atoms with Gasteiger partial charge in [0.2, 0.25) is 0 Å². The number of nitrogens with one attached hydrogen (secondary N) is 1. The predicted octanol–water partition coefficient (Wildman–Crippen LogP) is 9.65. The molecule has 7 heteroatoms. The number of hydrogen-bond acceptors (Lipinski definition) is 4. The van der Waals surface area contributed by atoms with Gasteiger partial charge in [-0.3, -0.25) is 4.57 Å². The van der Waals surface area contributed by atoms with Gasteiger partial charge in [-0.15, -0.1) is 0 Å². The fourth-order valence-electron chi connectivity index (χ4n) is 6.35. The Bertz CT molecular complexity index is 2530. The highest BCUT2D eigenvalue weighted by molar-refractivity contribution is 6.13. The highest BCUT2D eigenvalue weighted by Crippen LogP contribution is 2.38. The van der Waals surface area contributed by atoms with E-state index in [-0.39, 0.29) is 5.82 Å². The zero-order chi connectivity index (χ0) is 31.3. The molecule has 0 saturated carbocycles. The molecule has 3 aromatic heterocycles. The molecule has 0 aliphatic heterocycles. The number of imidazole rings is 1. The van der Waals surface area contributed by atoms with Crippen LogP contribution in [0.25, 0.3) is 83.8 Å². The third-order valence-electron chi connectivity index (χ3n) is 8.56. The number of nitrogens with zero attached hydrogens (tertiary/aromatic N) is 5. The second-order valence-corrected chi connectivity index (χ2v) is 11.4. The van der Waals surface area contributed by atoms with Crippen LogP contribution in [0.1, 0.15) is 0 Å². The molecule has 47 heavy (non-hydrogen) atoms. The van der Waals surface area contributed by atoms with Crippen molar-refractivity contribution in [3.05, 3.63) is 152 Å². The first-order valence-corrected chi connectivity index (χ1v) is 15.3. The van der Waals surface area contributed by atoms with E-state index in [9.17, 15) is 0 Å². The summed E-state index contributed by atoms with van der Waals surface area (Å²) < 4.78 is 16.9. The lowest BCUT2D eigenvalue weighted by molar-refractivity contribution is 0.634. The van der Waals surface area contributed by atoms with Crippen molar-refractivity contribution in [1.82, 2.24) is 29.5 Å². The minimum atomic E-state index is -0.310. The topological polar surface area (TPSA) is 72.3 Å². The average Bonchev–Trinajstić information content (AvgIpc) is 3.74. The Labute approximate surface area is 268 Å². The first-order valence-electron chi connectivity index (χ1n) is 15.3. The molecule has 0 aliphatic rings. The molecule has 222 valence electrons. The molecule has 0 amide bonds. The summed E-state index contributed by atoms with van der Waals surface area (Å²) >= 11 is 0. The monoisotopic (exact) mass is 608 g/mol. The summed E-state index contributed by atoms with van der Waals surface area (Å²) in [4.78, 5) is 22.9. The molecule has 0 saturated heterocycles. The predicted molar refractivity (Wildman–Crippen MR) is 186 cm³/mol. The van der Waals surface area contributed by atoms with Gasteiger partial charge >= 0.3 is 0 Å². The van der Waals surface area contributed by atoms with Gasteiger partial charge < -0.3 is 4.98 Å². The van der Waals surface area contributed by atoms with Crippen molar-refractivity contribution in [2.45, 2.75) is 0 Å². The van der Waals surface area contributed by atoms with Crippen molar-refractivity contribution in [1.29, 1.82) is 0 Å². The number of fused-ring (bicyclic) bond motifs is 4. The van der Waals surface area contributed by atoms with Gasteiger partial charge in [0.25, 0.3) is 0 Å². The normalized spacial score (nSPS) is 11.5. The summed E-state index contributed by atoms with van der Waals surface area (Å²) in [5.41, 5.74) is 8.56. The number of aromatic amines is 1. The molecule has 0 unspecified atom stereocenters. The van der Waals surface area contributed by atoms with Crippen LogP contribution in [0.3, 0.4) is 0 Å². The summed E-state index contributed by atoms with van der Waals surface area (Å²) in [7, 11) is 0. The van der Waals surface area contributed by atoms with Gasteiger partial charge in [0.1, 0.15) is 17.7 Å². The lowest BCUT2D eigenvalue weighted by atomic mass is 10.00. The van der Waals surface area contributed by atoms with Crippen LogP contribution in [0.2, 0.25) is 0 Å². The van der Waals surface area contributed by atoms with Crippen LogP contribution in [-0.4, -0.2) is 29.5 Å². The Morgan fingerprint density at radius 1 is 0.532 bits per heavy atom. The molecule has 0 spiro atoms. The van der Waals surface area contributed by atoms with Crippen molar-refractivity contribution in [2.75, 3.05) is 0 Å². The smallest absolute Gasteiger partial charge is 0.164 e. The number of halogens is 1. The van der Waals surface area contributed by atoms with Crippen molar-refractivity contribution in [3.63, 3.8) is 0 Å². The quantitative estimate of drug-likeness (QED) is 0.211. The third-order valence-corrected chi connectivity index (χ3v) is 8.56. The van der Waals surface area contributed by atoms with Gasteiger partial charge in [-0.2, -0.15) is 0 Å². The molecule has 0 fully saturated rings. The number of para-hydroxylation sites is 3. The Hall–Kier alpha value is -6.47. The van der Waals surface area contributed by atoms with E-state index in [1.807, 2.05) is 89.5 Å². The highest BCUT2D eigenvalue weighted by atomic mass is 19.1. The second-order valence-electron chi connectivity index (χ2n) is 11.4. The average molecular weight is 609 g/mol. The molecule has 3 heterocycles. The lowest BCUT2D eigenvalue weighted by Gasteiger charge is -2.13. The van der Waals surface area contributed by atoms with Crippen LogP contribution in [0.5, 0.6) is 0 Å². The number of hydrogen-bond donors (Lipinski definition) is 1. The van der Waals surface area contributed by atoms with Crippen molar-refractivity contribution < 1.29 is 4.39 Å². The molecular formula is C40H25FN6. The van der Waals surface area contributed by atoms with Gasteiger partial charge in [0.05, 0.1) is 16.7 Å². The Morgan fingerprint density at radius 2 is 1.17 bits per heavy atom. The summed E-state index contributed by atoms with van der Waals surface area (Å²) in [6.45, 7) is 0. The Morgan fingerprint density at radius 3 is 1.91 bits per heavy atom. The second kappa shape index (κ2) is 10.9. The van der Waals surface area contributed by atoms with Gasteiger partial charge in [-0.1, -0.05) is 115 Å². The number of benzene rings is 6. The van der Waals surface area contributed by atoms with E-state index in [1.54, 1.807) is 12.4 Å². The van der Waals surface area contributed by atoms with E-state index in [1.165, 1.54) is 6.07 Å². The molecule has 0 radical (unpaired) electrons. The number of aromatic nitrogens is 6. The zero-order valence-corrected chi connectivity index (χ0v) is 25.0. The van der Waals surface area contributed by atoms with Gasteiger partial charge in [0.15, 0.2) is 17.5 Å². The van der Waals surface area contributed by atoms with E-state index >= 15 is 4.39 Å². The van der Waals surface area contributed by atoms with Crippen LogP contribution in [0.15, 0.2) is 146 Å². The van der Waals surface area contributed by atoms with E-state index in [2.05, 4.69) is 52.4 Å². The fourth-order valence-corrected chi connectivity index (χ4v) is 6.35. The SMILES string of the molecule is Fc1cccc2ncn(-c3ccccc3-c3cccc4c3[nH]c3cc(-c5nc(-c6ccccc6)nc(-c6ccccc6)n5)ccc34)c12. The maximum atomic E-state index is 15.0. The molecule has 1 N–H and O–H groups in total.